The van der Waals surface area contributed by atoms with Gasteiger partial charge in [-0.1, -0.05) is 0 Å². The highest BCUT2D eigenvalue weighted by Gasteiger charge is 2.25. The summed E-state index contributed by atoms with van der Waals surface area (Å²) in [6, 6.07) is 0.925. The molecule has 0 unspecified atom stereocenters. The lowest BCUT2D eigenvalue weighted by Gasteiger charge is -1.99. The van der Waals surface area contributed by atoms with Crippen LogP contribution >= 0.6 is 0 Å². The monoisotopic (exact) mass is 299 g/mol. The van der Waals surface area contributed by atoms with Gasteiger partial charge in [-0.2, -0.15) is 0 Å². The molecule has 110 valence electrons. The topological polar surface area (TPSA) is 108 Å². The van der Waals surface area contributed by atoms with Gasteiger partial charge in [0, 0.05) is 0 Å². The van der Waals surface area contributed by atoms with Crippen LogP contribution < -0.4 is 0 Å². The maximum atomic E-state index is 13.2. The summed E-state index contributed by atoms with van der Waals surface area (Å²) in [7, 11) is 0. The molecule has 0 aliphatic rings. The Morgan fingerprint density at radius 1 is 1.38 bits per heavy atom. The van der Waals surface area contributed by atoms with Crippen molar-refractivity contribution in [3.8, 4) is 11.5 Å². The summed E-state index contributed by atoms with van der Waals surface area (Å²) < 4.78 is 35.7. The zero-order valence-electron chi connectivity index (χ0n) is 10.5. The molecular formula is C11H7F2N3O5. The number of halogens is 2. The fourth-order valence-corrected chi connectivity index (χ4v) is 1.47. The third-order valence-electron chi connectivity index (χ3n) is 2.34. The van der Waals surface area contributed by atoms with Gasteiger partial charge in [-0.25, -0.2) is 13.6 Å². The summed E-state index contributed by atoms with van der Waals surface area (Å²) in [4.78, 5) is 21.2. The Balaban J connectivity index is 2.49. The van der Waals surface area contributed by atoms with E-state index >= 15 is 0 Å². The van der Waals surface area contributed by atoms with Crippen LogP contribution in [0, 0.1) is 21.7 Å². The Kier molecular flexibility index (Phi) is 3.87. The number of carbonyl (C=O) groups is 1. The summed E-state index contributed by atoms with van der Waals surface area (Å²) in [5.74, 6) is -4.70. The van der Waals surface area contributed by atoms with Crippen molar-refractivity contribution in [3.63, 3.8) is 0 Å². The van der Waals surface area contributed by atoms with Gasteiger partial charge >= 0.3 is 11.9 Å². The van der Waals surface area contributed by atoms with Crippen LogP contribution in [-0.2, 0) is 4.74 Å². The van der Waals surface area contributed by atoms with Gasteiger partial charge in [0.05, 0.1) is 17.6 Å². The molecule has 1 aromatic carbocycles. The number of nitro benzene ring substituents is 1. The molecule has 0 aliphatic carbocycles. The summed E-state index contributed by atoms with van der Waals surface area (Å²) in [6.45, 7) is 1.61. The molecule has 0 fully saturated rings. The first-order valence-corrected chi connectivity index (χ1v) is 5.58. The molecule has 2 rings (SSSR count). The van der Waals surface area contributed by atoms with Gasteiger partial charge < -0.3 is 9.15 Å². The predicted octanol–water partition coefficient (Wildman–Crippen LogP) is 2.10. The number of ether oxygens (including phenoxy) is 1. The third kappa shape index (κ3) is 2.83. The molecule has 1 aromatic heterocycles. The molecular weight excluding hydrogens is 292 g/mol. The first-order valence-electron chi connectivity index (χ1n) is 5.58. The summed E-state index contributed by atoms with van der Waals surface area (Å²) >= 11 is 0. The van der Waals surface area contributed by atoms with Crippen LogP contribution in [0.4, 0.5) is 14.5 Å². The predicted molar refractivity (Wildman–Crippen MR) is 62.3 cm³/mol. The standard InChI is InChI=1S/C11H7F2N3O5/c1-2-20-11(17)10-15-14-9(21-10)5-3-6(12)7(13)4-8(5)16(18)19/h3-4H,2H2,1H3. The zero-order valence-corrected chi connectivity index (χ0v) is 10.5. The molecule has 0 radical (unpaired) electrons. The minimum Gasteiger partial charge on any atom is -0.459 e. The van der Waals surface area contributed by atoms with E-state index in [1.807, 2.05) is 0 Å². The smallest absolute Gasteiger partial charge is 0.396 e. The van der Waals surface area contributed by atoms with E-state index < -0.39 is 45.6 Å². The fourth-order valence-electron chi connectivity index (χ4n) is 1.47. The summed E-state index contributed by atoms with van der Waals surface area (Å²) in [5.41, 5.74) is -1.21. The Morgan fingerprint density at radius 2 is 2.05 bits per heavy atom. The Bertz CT molecular complexity index is 716. The molecule has 0 N–H and O–H groups in total. The molecule has 0 aliphatic heterocycles. The molecule has 0 atom stereocenters. The quantitative estimate of drug-likeness (QED) is 0.483. The molecule has 0 spiro atoms. The largest absolute Gasteiger partial charge is 0.459 e. The van der Waals surface area contributed by atoms with Crippen molar-refractivity contribution in [1.29, 1.82) is 0 Å². The lowest BCUT2D eigenvalue weighted by atomic mass is 10.1. The number of hydrogen-bond donors (Lipinski definition) is 0. The van der Waals surface area contributed by atoms with Gasteiger partial charge in [-0.05, 0) is 13.0 Å². The van der Waals surface area contributed by atoms with Crippen LogP contribution in [0.1, 0.15) is 17.6 Å². The van der Waals surface area contributed by atoms with E-state index in [9.17, 15) is 23.7 Å². The molecule has 2 aromatic rings. The number of aromatic nitrogens is 2. The zero-order chi connectivity index (χ0) is 15.6. The van der Waals surface area contributed by atoms with Crippen LogP contribution in [0.2, 0.25) is 0 Å². The number of benzene rings is 1. The Labute approximate surface area is 115 Å². The van der Waals surface area contributed by atoms with Gasteiger partial charge in [0.1, 0.15) is 5.56 Å². The Morgan fingerprint density at radius 3 is 2.67 bits per heavy atom. The van der Waals surface area contributed by atoms with Crippen molar-refractivity contribution in [3.05, 3.63) is 39.8 Å². The average molecular weight is 299 g/mol. The SMILES string of the molecule is CCOC(=O)c1nnc(-c2cc(F)c(F)cc2[N+](=O)[O-])o1. The molecule has 8 nitrogen and oxygen atoms in total. The van der Waals surface area contributed by atoms with E-state index in [1.165, 1.54) is 0 Å². The van der Waals surface area contributed by atoms with Crippen molar-refractivity contribution in [2.45, 2.75) is 6.92 Å². The maximum Gasteiger partial charge on any atom is 0.396 e. The van der Waals surface area contributed by atoms with Gasteiger partial charge in [-0.3, -0.25) is 10.1 Å². The number of nitro groups is 1. The minimum absolute atomic E-state index is 0.0574. The van der Waals surface area contributed by atoms with Crippen LogP contribution in [0.25, 0.3) is 11.5 Å². The number of carbonyl (C=O) groups excluding carboxylic acids is 1. The molecule has 1 heterocycles. The second-order valence-corrected chi connectivity index (χ2v) is 3.67. The van der Waals surface area contributed by atoms with Crippen LogP contribution in [0.5, 0.6) is 0 Å². The second-order valence-electron chi connectivity index (χ2n) is 3.67. The number of rotatable bonds is 4. The van der Waals surface area contributed by atoms with Crippen LogP contribution in [-0.4, -0.2) is 27.7 Å². The van der Waals surface area contributed by atoms with Gasteiger partial charge in [-0.15, -0.1) is 10.2 Å². The van der Waals surface area contributed by atoms with Crippen LogP contribution in [0.3, 0.4) is 0 Å². The molecule has 0 saturated carbocycles. The van der Waals surface area contributed by atoms with Crippen molar-refractivity contribution < 1.29 is 27.7 Å². The van der Waals surface area contributed by atoms with E-state index in [2.05, 4.69) is 14.9 Å². The summed E-state index contributed by atoms with van der Waals surface area (Å²) in [5, 5.41) is 17.6. The number of hydrogen-bond acceptors (Lipinski definition) is 7. The van der Waals surface area contributed by atoms with E-state index in [0.717, 1.165) is 0 Å². The van der Waals surface area contributed by atoms with Gasteiger partial charge in [0.15, 0.2) is 11.6 Å². The normalized spacial score (nSPS) is 10.4. The molecule has 0 bridgehead atoms. The average Bonchev–Trinajstić information content (AvgIpc) is 2.91. The minimum atomic E-state index is -1.39. The maximum absolute atomic E-state index is 13.2. The Hall–Kier alpha value is -2.91. The van der Waals surface area contributed by atoms with E-state index in [-0.39, 0.29) is 6.61 Å². The number of nitrogens with zero attached hydrogens (tertiary/aromatic N) is 3. The fraction of sp³-hybridized carbons (Fsp3) is 0.182. The molecule has 0 saturated heterocycles. The van der Waals surface area contributed by atoms with Crippen molar-refractivity contribution in [2.75, 3.05) is 6.61 Å². The summed E-state index contributed by atoms with van der Waals surface area (Å²) in [6.07, 6.45) is 0. The molecule has 21 heavy (non-hydrogen) atoms. The van der Waals surface area contributed by atoms with E-state index in [1.54, 1.807) is 6.92 Å². The highest BCUT2D eigenvalue weighted by Crippen LogP contribution is 2.31. The lowest BCUT2D eigenvalue weighted by Crippen LogP contribution is -2.04. The van der Waals surface area contributed by atoms with Crippen molar-refractivity contribution in [1.82, 2.24) is 10.2 Å². The highest BCUT2D eigenvalue weighted by atomic mass is 19.2. The highest BCUT2D eigenvalue weighted by molar-refractivity contribution is 5.84. The number of esters is 1. The second kappa shape index (κ2) is 5.61. The van der Waals surface area contributed by atoms with Gasteiger partial charge in [0.25, 0.3) is 11.6 Å². The van der Waals surface area contributed by atoms with Gasteiger partial charge in [0.2, 0.25) is 0 Å². The van der Waals surface area contributed by atoms with E-state index in [4.69, 9.17) is 4.42 Å². The first kappa shape index (κ1) is 14.5. The first-order chi connectivity index (χ1) is 9.93. The molecule has 10 heteroatoms. The lowest BCUT2D eigenvalue weighted by molar-refractivity contribution is -0.384. The van der Waals surface area contributed by atoms with E-state index in [0.29, 0.717) is 12.1 Å². The van der Waals surface area contributed by atoms with Crippen LogP contribution in [0.15, 0.2) is 16.5 Å². The van der Waals surface area contributed by atoms with Crippen molar-refractivity contribution in [2.24, 2.45) is 0 Å². The third-order valence-corrected chi connectivity index (χ3v) is 2.34. The van der Waals surface area contributed by atoms with Crippen molar-refractivity contribution >= 4 is 11.7 Å². The molecule has 0 amide bonds.